The van der Waals surface area contributed by atoms with E-state index in [1.807, 2.05) is 6.07 Å². The Morgan fingerprint density at radius 2 is 1.89 bits per heavy atom. The number of benzene rings is 2. The van der Waals surface area contributed by atoms with E-state index < -0.39 is 0 Å². The monoisotopic (exact) mass is 239 g/mol. The van der Waals surface area contributed by atoms with Gasteiger partial charge in [0.25, 0.3) is 0 Å². The molecule has 18 heavy (non-hydrogen) atoms. The molecule has 0 aliphatic carbocycles. The van der Waals surface area contributed by atoms with Crippen LogP contribution in [0.15, 0.2) is 48.5 Å². The van der Waals surface area contributed by atoms with Crippen LogP contribution >= 0.6 is 0 Å². The number of hydrogen-bond acceptors (Lipinski definition) is 2. The summed E-state index contributed by atoms with van der Waals surface area (Å²) in [5, 5.41) is 0. The minimum absolute atomic E-state index is 0.443. The largest absolute Gasteiger partial charge is 0.493 e. The molecular formula is C16H17NO. The maximum absolute atomic E-state index is 5.81. The molecule has 0 fully saturated rings. The predicted octanol–water partition coefficient (Wildman–Crippen LogP) is 3.18. The molecular weight excluding hydrogens is 222 g/mol. The van der Waals surface area contributed by atoms with E-state index >= 15 is 0 Å². The highest BCUT2D eigenvalue weighted by molar-refractivity contribution is 5.66. The van der Waals surface area contributed by atoms with Crippen molar-refractivity contribution >= 4 is 0 Å². The van der Waals surface area contributed by atoms with Gasteiger partial charge >= 0.3 is 0 Å². The Hall–Kier alpha value is -1.80. The van der Waals surface area contributed by atoms with Crippen molar-refractivity contribution in [1.82, 2.24) is 0 Å². The highest BCUT2D eigenvalue weighted by Gasteiger charge is 2.20. The molecule has 2 nitrogen and oxygen atoms in total. The van der Waals surface area contributed by atoms with Gasteiger partial charge in [-0.1, -0.05) is 42.5 Å². The molecule has 0 spiro atoms. The van der Waals surface area contributed by atoms with Crippen LogP contribution in [0.4, 0.5) is 0 Å². The van der Waals surface area contributed by atoms with E-state index in [0.717, 1.165) is 18.8 Å². The molecule has 2 N–H and O–H groups in total. The van der Waals surface area contributed by atoms with Crippen LogP contribution in [-0.4, -0.2) is 13.2 Å². The van der Waals surface area contributed by atoms with Gasteiger partial charge in [0.2, 0.25) is 0 Å². The molecule has 0 bridgehead atoms. The van der Waals surface area contributed by atoms with Crippen LogP contribution < -0.4 is 10.5 Å². The molecule has 0 radical (unpaired) electrons. The minimum atomic E-state index is 0.443. The average Bonchev–Trinajstić information content (AvgIpc) is 2.47. The number of rotatable bonds is 2. The van der Waals surface area contributed by atoms with Crippen molar-refractivity contribution in [2.45, 2.75) is 12.3 Å². The summed E-state index contributed by atoms with van der Waals surface area (Å²) in [7, 11) is 0. The van der Waals surface area contributed by atoms with Crippen LogP contribution in [0.25, 0.3) is 11.1 Å². The Morgan fingerprint density at radius 3 is 2.67 bits per heavy atom. The Bertz CT molecular complexity index is 536. The van der Waals surface area contributed by atoms with Crippen molar-refractivity contribution in [2.24, 2.45) is 5.73 Å². The summed E-state index contributed by atoms with van der Waals surface area (Å²) >= 11 is 0. The predicted molar refractivity (Wildman–Crippen MR) is 73.8 cm³/mol. The molecule has 3 rings (SSSR count). The lowest BCUT2D eigenvalue weighted by atomic mass is 9.91. The van der Waals surface area contributed by atoms with Crippen LogP contribution in [-0.2, 0) is 0 Å². The number of hydrogen-bond donors (Lipinski definition) is 1. The second kappa shape index (κ2) is 4.83. The van der Waals surface area contributed by atoms with Gasteiger partial charge in [0, 0.05) is 5.92 Å². The Labute approximate surface area is 107 Å². The summed E-state index contributed by atoms with van der Waals surface area (Å²) in [6.45, 7) is 1.47. The fourth-order valence-electron chi connectivity index (χ4n) is 2.52. The first kappa shape index (κ1) is 11.3. The molecule has 1 unspecified atom stereocenters. The number of fused-ring (bicyclic) bond motifs is 1. The molecule has 2 heteroatoms. The van der Waals surface area contributed by atoms with Gasteiger partial charge < -0.3 is 10.5 Å². The highest BCUT2D eigenvalue weighted by Crippen LogP contribution is 2.36. The zero-order chi connectivity index (χ0) is 12.4. The quantitative estimate of drug-likeness (QED) is 0.873. The average molecular weight is 239 g/mol. The van der Waals surface area contributed by atoms with Crippen LogP contribution in [0.3, 0.4) is 0 Å². The van der Waals surface area contributed by atoms with Crippen LogP contribution in [0, 0.1) is 0 Å². The van der Waals surface area contributed by atoms with Crippen LogP contribution in [0.1, 0.15) is 17.9 Å². The first-order valence-corrected chi connectivity index (χ1v) is 6.40. The molecule has 1 aliphatic rings. The number of ether oxygens (including phenoxy) is 1. The van der Waals surface area contributed by atoms with E-state index in [9.17, 15) is 0 Å². The first-order chi connectivity index (χ1) is 8.88. The lowest BCUT2D eigenvalue weighted by Gasteiger charge is -2.25. The van der Waals surface area contributed by atoms with Crippen molar-refractivity contribution in [2.75, 3.05) is 13.2 Å². The highest BCUT2D eigenvalue weighted by atomic mass is 16.5. The molecule has 2 aromatic rings. The lowest BCUT2D eigenvalue weighted by molar-refractivity contribution is 0.269. The molecule has 0 amide bonds. The topological polar surface area (TPSA) is 35.2 Å². The van der Waals surface area contributed by atoms with Gasteiger partial charge in [-0.15, -0.1) is 0 Å². The SMILES string of the molecule is NCC1CCOc2cc(-c3ccccc3)ccc21. The summed E-state index contributed by atoms with van der Waals surface area (Å²) in [4.78, 5) is 0. The maximum Gasteiger partial charge on any atom is 0.123 e. The smallest absolute Gasteiger partial charge is 0.123 e. The van der Waals surface area contributed by atoms with E-state index in [4.69, 9.17) is 10.5 Å². The van der Waals surface area contributed by atoms with Crippen LogP contribution in [0.2, 0.25) is 0 Å². The van der Waals surface area contributed by atoms with Gasteiger partial charge in [0.1, 0.15) is 5.75 Å². The molecule has 0 saturated heterocycles. The maximum atomic E-state index is 5.81. The van der Waals surface area contributed by atoms with E-state index in [1.54, 1.807) is 0 Å². The third-order valence-electron chi connectivity index (χ3n) is 3.57. The third-order valence-corrected chi connectivity index (χ3v) is 3.57. The van der Waals surface area contributed by atoms with Gasteiger partial charge in [0.15, 0.2) is 0 Å². The van der Waals surface area contributed by atoms with Gasteiger partial charge in [-0.2, -0.15) is 0 Å². The van der Waals surface area contributed by atoms with Crippen LogP contribution in [0.5, 0.6) is 5.75 Å². The summed E-state index contributed by atoms with van der Waals surface area (Å²) in [6, 6.07) is 16.8. The normalized spacial score (nSPS) is 17.9. The zero-order valence-corrected chi connectivity index (χ0v) is 10.3. The Kier molecular flexibility index (Phi) is 3.03. The summed E-state index contributed by atoms with van der Waals surface area (Å²) in [5.41, 5.74) is 9.49. The summed E-state index contributed by atoms with van der Waals surface area (Å²) in [6.07, 6.45) is 1.02. The van der Waals surface area contributed by atoms with Crippen molar-refractivity contribution in [3.8, 4) is 16.9 Å². The fraction of sp³-hybridized carbons (Fsp3) is 0.250. The van der Waals surface area contributed by atoms with E-state index in [1.165, 1.54) is 16.7 Å². The Morgan fingerprint density at radius 1 is 1.06 bits per heavy atom. The first-order valence-electron chi connectivity index (χ1n) is 6.40. The third kappa shape index (κ3) is 2.00. The molecule has 92 valence electrons. The second-order valence-electron chi connectivity index (χ2n) is 4.69. The van der Waals surface area contributed by atoms with Crippen molar-refractivity contribution < 1.29 is 4.74 Å². The molecule has 0 aromatic heterocycles. The van der Waals surface area contributed by atoms with Gasteiger partial charge in [-0.3, -0.25) is 0 Å². The van der Waals surface area contributed by atoms with Crippen molar-refractivity contribution in [3.05, 3.63) is 54.1 Å². The lowest BCUT2D eigenvalue weighted by Crippen LogP contribution is -2.20. The zero-order valence-electron chi connectivity index (χ0n) is 10.3. The summed E-state index contributed by atoms with van der Waals surface area (Å²) < 4.78 is 5.76. The van der Waals surface area contributed by atoms with E-state index in [-0.39, 0.29) is 0 Å². The van der Waals surface area contributed by atoms with Gasteiger partial charge in [0.05, 0.1) is 6.61 Å². The van der Waals surface area contributed by atoms with Crippen molar-refractivity contribution in [1.29, 1.82) is 0 Å². The van der Waals surface area contributed by atoms with Gasteiger partial charge in [-0.05, 0) is 35.7 Å². The Balaban J connectivity index is 2.01. The standard InChI is InChI=1S/C16H17NO/c17-11-14-8-9-18-16-10-13(6-7-15(14)16)12-4-2-1-3-5-12/h1-7,10,14H,8-9,11,17H2. The molecule has 1 aliphatic heterocycles. The van der Waals surface area contributed by atoms with Gasteiger partial charge in [-0.25, -0.2) is 0 Å². The molecule has 0 saturated carbocycles. The fourth-order valence-corrected chi connectivity index (χ4v) is 2.52. The minimum Gasteiger partial charge on any atom is -0.493 e. The van der Waals surface area contributed by atoms with E-state index in [0.29, 0.717) is 12.5 Å². The van der Waals surface area contributed by atoms with Crippen molar-refractivity contribution in [3.63, 3.8) is 0 Å². The molecule has 1 heterocycles. The number of nitrogens with two attached hydrogens (primary N) is 1. The molecule has 2 aromatic carbocycles. The second-order valence-corrected chi connectivity index (χ2v) is 4.69. The summed E-state index contributed by atoms with van der Waals surface area (Å²) in [5.74, 6) is 1.44. The molecule has 1 atom stereocenters. The van der Waals surface area contributed by atoms with E-state index in [2.05, 4.69) is 42.5 Å².